The van der Waals surface area contributed by atoms with Crippen molar-refractivity contribution in [3.8, 4) is 0 Å². The lowest BCUT2D eigenvalue weighted by molar-refractivity contribution is -0.117. The van der Waals surface area contributed by atoms with Gasteiger partial charge in [0.05, 0.1) is 10.7 Å². The molecule has 1 aliphatic rings. The molecule has 1 atom stereocenters. The van der Waals surface area contributed by atoms with E-state index in [9.17, 15) is 4.79 Å². The quantitative estimate of drug-likeness (QED) is 0.626. The summed E-state index contributed by atoms with van der Waals surface area (Å²) in [6.45, 7) is 4.62. The molecule has 2 rings (SSSR count). The van der Waals surface area contributed by atoms with Crippen LogP contribution in [0.15, 0.2) is 24.8 Å². The van der Waals surface area contributed by atoms with Crippen LogP contribution < -0.4 is 15.5 Å². The van der Waals surface area contributed by atoms with Crippen LogP contribution >= 0.6 is 11.6 Å². The van der Waals surface area contributed by atoms with Crippen LogP contribution in [0.5, 0.6) is 0 Å². The highest BCUT2D eigenvalue weighted by Gasteiger charge is 2.30. The van der Waals surface area contributed by atoms with Gasteiger partial charge in [0.25, 0.3) is 0 Å². The van der Waals surface area contributed by atoms with Crippen LogP contribution in [0.2, 0.25) is 5.02 Å². The number of hydrogen-bond acceptors (Lipinski definition) is 3. The minimum Gasteiger partial charge on any atom is -0.373 e. The topological polar surface area (TPSA) is 44.4 Å². The summed E-state index contributed by atoms with van der Waals surface area (Å²) in [7, 11) is 3.77. The van der Waals surface area contributed by atoms with Gasteiger partial charge in [-0.1, -0.05) is 17.7 Å². The van der Waals surface area contributed by atoms with Gasteiger partial charge in [-0.3, -0.25) is 4.79 Å². The molecule has 1 aromatic rings. The van der Waals surface area contributed by atoms with Gasteiger partial charge in [0, 0.05) is 24.8 Å². The van der Waals surface area contributed by atoms with E-state index in [0.717, 1.165) is 36.3 Å². The monoisotopic (exact) mass is 293 g/mol. The van der Waals surface area contributed by atoms with E-state index < -0.39 is 0 Å². The van der Waals surface area contributed by atoms with Crippen molar-refractivity contribution in [2.24, 2.45) is 0 Å². The van der Waals surface area contributed by atoms with Crippen molar-refractivity contribution < 1.29 is 4.79 Å². The number of benzene rings is 1. The van der Waals surface area contributed by atoms with Gasteiger partial charge in [-0.05, 0) is 32.0 Å². The van der Waals surface area contributed by atoms with Gasteiger partial charge in [0.2, 0.25) is 5.91 Å². The van der Waals surface area contributed by atoms with Gasteiger partial charge < -0.3 is 15.5 Å². The predicted molar refractivity (Wildman–Crippen MR) is 84.6 cm³/mol. The number of hydrogen-bond donors (Lipinski definition) is 2. The molecule has 5 heteroatoms. The van der Waals surface area contributed by atoms with Crippen molar-refractivity contribution in [1.82, 2.24) is 5.32 Å². The molecular weight excluding hydrogens is 274 g/mol. The summed E-state index contributed by atoms with van der Waals surface area (Å²) < 4.78 is 0. The molecule has 0 aromatic heterocycles. The highest BCUT2D eigenvalue weighted by molar-refractivity contribution is 6.33. The number of rotatable bonds is 6. The lowest BCUT2D eigenvalue weighted by Crippen LogP contribution is -2.23. The molecular formula is C15H20ClN3O. The molecule has 0 aliphatic carbocycles. The van der Waals surface area contributed by atoms with Crippen LogP contribution in [0.4, 0.5) is 11.4 Å². The second kappa shape index (κ2) is 6.29. The summed E-state index contributed by atoms with van der Waals surface area (Å²) in [5, 5.41) is 6.55. The Balaban J connectivity index is 2.23. The molecule has 1 aromatic carbocycles. The smallest absolute Gasteiger partial charge is 0.246 e. The van der Waals surface area contributed by atoms with Crippen LogP contribution in [-0.2, 0) is 4.79 Å². The number of carbonyl (C=O) groups is 1. The number of anilines is 2. The first kappa shape index (κ1) is 14.9. The minimum atomic E-state index is -0.317. The first-order valence-corrected chi connectivity index (χ1v) is 7.10. The number of fused-ring (bicyclic) bond motifs is 1. The molecule has 2 N–H and O–H groups in total. The first-order valence-electron chi connectivity index (χ1n) is 6.72. The normalized spacial score (nSPS) is 16.8. The van der Waals surface area contributed by atoms with Crippen molar-refractivity contribution >= 4 is 28.9 Å². The molecule has 1 heterocycles. The molecule has 1 unspecified atom stereocenters. The van der Waals surface area contributed by atoms with Crippen molar-refractivity contribution in [3.05, 3.63) is 35.4 Å². The van der Waals surface area contributed by atoms with Crippen LogP contribution in [0.25, 0.3) is 0 Å². The lowest BCUT2D eigenvalue weighted by Gasteiger charge is -2.21. The summed E-state index contributed by atoms with van der Waals surface area (Å²) >= 11 is 6.36. The summed E-state index contributed by atoms with van der Waals surface area (Å²) in [5.41, 5.74) is 2.68. The Labute approximate surface area is 124 Å². The van der Waals surface area contributed by atoms with Crippen molar-refractivity contribution in [1.29, 1.82) is 0 Å². The fourth-order valence-electron chi connectivity index (χ4n) is 2.44. The molecule has 108 valence electrons. The second-order valence-corrected chi connectivity index (χ2v) is 5.36. The van der Waals surface area contributed by atoms with E-state index in [2.05, 4.69) is 22.1 Å². The van der Waals surface area contributed by atoms with E-state index in [4.69, 9.17) is 11.6 Å². The number of halogens is 1. The van der Waals surface area contributed by atoms with Gasteiger partial charge >= 0.3 is 0 Å². The van der Waals surface area contributed by atoms with E-state index in [1.54, 1.807) is 7.05 Å². The standard InChI is InChI=1S/C15H20ClN3O/c1-4-5-6-7-19(3)13-9-12-10(8-11(13)16)14(17-2)15(20)18-12/h4,8-9,14,17H,1,5-7H2,2-3H3,(H,18,20). The number of amides is 1. The molecule has 1 amide bonds. The molecule has 0 fully saturated rings. The number of allylic oxidation sites excluding steroid dienone is 1. The SMILES string of the molecule is C=CCCCN(C)c1cc2c(cc1Cl)C(NC)C(=O)N2. The molecule has 0 spiro atoms. The van der Waals surface area contributed by atoms with Crippen molar-refractivity contribution in [3.63, 3.8) is 0 Å². The van der Waals surface area contributed by atoms with Crippen LogP contribution in [0.3, 0.4) is 0 Å². The molecule has 0 saturated heterocycles. The summed E-state index contributed by atoms with van der Waals surface area (Å²) in [4.78, 5) is 13.9. The van der Waals surface area contributed by atoms with Crippen LogP contribution in [-0.4, -0.2) is 26.5 Å². The Bertz CT molecular complexity index is 530. The third kappa shape index (κ3) is 2.81. The minimum absolute atomic E-state index is 0.0370. The number of carbonyl (C=O) groups excluding carboxylic acids is 1. The zero-order valence-electron chi connectivity index (χ0n) is 11.9. The van der Waals surface area contributed by atoms with Gasteiger partial charge in [-0.15, -0.1) is 6.58 Å². The number of unbranched alkanes of at least 4 members (excludes halogenated alkanes) is 1. The number of likely N-dealkylation sites (N-methyl/N-ethyl adjacent to an activating group) is 1. The second-order valence-electron chi connectivity index (χ2n) is 4.95. The Morgan fingerprint density at radius 2 is 2.30 bits per heavy atom. The van der Waals surface area contributed by atoms with Crippen LogP contribution in [0, 0.1) is 0 Å². The van der Waals surface area contributed by atoms with E-state index in [1.807, 2.05) is 25.3 Å². The number of nitrogens with one attached hydrogen (secondary N) is 2. The zero-order valence-corrected chi connectivity index (χ0v) is 12.6. The van der Waals surface area contributed by atoms with Crippen molar-refractivity contribution in [2.75, 3.05) is 30.9 Å². The lowest BCUT2D eigenvalue weighted by atomic mass is 10.1. The number of nitrogens with zero attached hydrogens (tertiary/aromatic N) is 1. The molecule has 0 bridgehead atoms. The third-order valence-electron chi connectivity index (χ3n) is 3.55. The van der Waals surface area contributed by atoms with E-state index in [0.29, 0.717) is 5.02 Å². The van der Waals surface area contributed by atoms with Gasteiger partial charge in [0.15, 0.2) is 0 Å². The van der Waals surface area contributed by atoms with E-state index in [1.165, 1.54) is 0 Å². The maximum Gasteiger partial charge on any atom is 0.246 e. The highest BCUT2D eigenvalue weighted by Crippen LogP contribution is 2.38. The van der Waals surface area contributed by atoms with Crippen molar-refractivity contribution in [2.45, 2.75) is 18.9 Å². The summed E-state index contributed by atoms with van der Waals surface area (Å²) in [5.74, 6) is -0.0370. The largest absolute Gasteiger partial charge is 0.373 e. The van der Waals surface area contributed by atoms with E-state index in [-0.39, 0.29) is 11.9 Å². The predicted octanol–water partition coefficient (Wildman–Crippen LogP) is 2.96. The Kier molecular flexibility index (Phi) is 4.68. The fourth-order valence-corrected chi connectivity index (χ4v) is 2.76. The molecule has 1 aliphatic heterocycles. The Morgan fingerprint density at radius 3 is 2.95 bits per heavy atom. The molecule has 0 saturated carbocycles. The average Bonchev–Trinajstić information content (AvgIpc) is 2.72. The molecule has 4 nitrogen and oxygen atoms in total. The summed E-state index contributed by atoms with van der Waals surface area (Å²) in [6, 6.07) is 3.50. The maximum absolute atomic E-state index is 11.8. The van der Waals surface area contributed by atoms with Gasteiger partial charge in [0.1, 0.15) is 6.04 Å². The highest BCUT2D eigenvalue weighted by atomic mass is 35.5. The zero-order chi connectivity index (χ0) is 14.7. The van der Waals surface area contributed by atoms with Gasteiger partial charge in [-0.2, -0.15) is 0 Å². The Morgan fingerprint density at radius 1 is 1.55 bits per heavy atom. The van der Waals surface area contributed by atoms with Gasteiger partial charge in [-0.25, -0.2) is 0 Å². The molecule has 0 radical (unpaired) electrons. The Hall–Kier alpha value is -1.52. The third-order valence-corrected chi connectivity index (χ3v) is 3.85. The maximum atomic E-state index is 11.8. The van der Waals surface area contributed by atoms with Crippen LogP contribution in [0.1, 0.15) is 24.4 Å². The first-order chi connectivity index (χ1) is 9.58. The van der Waals surface area contributed by atoms with E-state index >= 15 is 0 Å². The fraction of sp³-hybridized carbons (Fsp3) is 0.400. The average molecular weight is 294 g/mol. The summed E-state index contributed by atoms with van der Waals surface area (Å²) in [6.07, 6.45) is 3.92. The molecule has 20 heavy (non-hydrogen) atoms.